The van der Waals surface area contributed by atoms with Crippen molar-refractivity contribution < 1.29 is 14.4 Å². The Balaban J connectivity index is 1.46. The maximum absolute atomic E-state index is 14.2. The van der Waals surface area contributed by atoms with Gasteiger partial charge in [-0.15, -0.1) is 0 Å². The molecule has 3 aromatic rings. The molecule has 3 aromatic carbocycles. The van der Waals surface area contributed by atoms with E-state index in [0.29, 0.717) is 38.6 Å². The fourth-order valence-corrected chi connectivity index (χ4v) is 5.86. The van der Waals surface area contributed by atoms with Crippen molar-refractivity contribution >= 4 is 30.4 Å². The molecule has 1 unspecified atom stereocenters. The Morgan fingerprint density at radius 2 is 1.39 bits per heavy atom. The van der Waals surface area contributed by atoms with Crippen molar-refractivity contribution in [3.8, 4) is 0 Å². The van der Waals surface area contributed by atoms with Gasteiger partial charge in [-0.1, -0.05) is 97.4 Å². The lowest BCUT2D eigenvalue weighted by atomic mass is 9.89. The van der Waals surface area contributed by atoms with Crippen LogP contribution in [0.5, 0.6) is 0 Å². The molecule has 0 aliphatic carbocycles. The molecule has 3 atom stereocenters. The predicted octanol–water partition coefficient (Wildman–Crippen LogP) is 4.78. The van der Waals surface area contributed by atoms with Gasteiger partial charge in [-0.3, -0.25) is 14.4 Å². The molecule has 1 saturated heterocycles. The predicted molar refractivity (Wildman–Crippen MR) is 167 cm³/mol. The number of nitrogens with zero attached hydrogens (tertiary/aromatic N) is 1. The smallest absolute Gasteiger partial charge is 0.249 e. The zero-order chi connectivity index (χ0) is 29.1. The van der Waals surface area contributed by atoms with Gasteiger partial charge in [-0.25, -0.2) is 0 Å². The SMILES string of the molecule is CNC(=O)[C@H](Cc1ccccc1)N1CCC(CCc2ccccc2)(NC(=O)[C@@H](S)CCCCc2ccccc2)C1=O. The molecular formula is C34H41N3O3S. The van der Waals surface area contributed by atoms with Gasteiger partial charge in [0.1, 0.15) is 11.6 Å². The number of aryl methyl sites for hydroxylation is 2. The van der Waals surface area contributed by atoms with Crippen LogP contribution in [0.4, 0.5) is 0 Å². The third-order valence-corrected chi connectivity index (χ3v) is 8.52. The van der Waals surface area contributed by atoms with E-state index in [1.165, 1.54) is 5.56 Å². The number of nitrogens with one attached hydrogen (secondary N) is 2. The van der Waals surface area contributed by atoms with Crippen LogP contribution in [0, 0.1) is 0 Å². The summed E-state index contributed by atoms with van der Waals surface area (Å²) in [6.45, 7) is 0.396. The van der Waals surface area contributed by atoms with Gasteiger partial charge in [0.2, 0.25) is 17.7 Å². The summed E-state index contributed by atoms with van der Waals surface area (Å²) < 4.78 is 0. The van der Waals surface area contributed by atoms with Crippen LogP contribution in [-0.2, 0) is 33.6 Å². The summed E-state index contributed by atoms with van der Waals surface area (Å²) in [5, 5.41) is 5.36. The van der Waals surface area contributed by atoms with Crippen molar-refractivity contribution in [2.75, 3.05) is 13.6 Å². The number of amides is 3. The summed E-state index contributed by atoms with van der Waals surface area (Å²) in [4.78, 5) is 42.3. The number of carbonyl (C=O) groups excluding carboxylic acids is 3. The lowest BCUT2D eigenvalue weighted by Crippen LogP contribution is -2.58. The normalized spacial score (nSPS) is 18.1. The first-order valence-electron chi connectivity index (χ1n) is 14.6. The summed E-state index contributed by atoms with van der Waals surface area (Å²) in [6, 6.07) is 29.3. The first-order chi connectivity index (χ1) is 19.9. The van der Waals surface area contributed by atoms with E-state index in [9.17, 15) is 14.4 Å². The van der Waals surface area contributed by atoms with Gasteiger partial charge < -0.3 is 15.5 Å². The monoisotopic (exact) mass is 571 g/mol. The average Bonchev–Trinajstić information content (AvgIpc) is 3.33. The van der Waals surface area contributed by atoms with Gasteiger partial charge in [0, 0.05) is 20.0 Å². The zero-order valence-corrected chi connectivity index (χ0v) is 24.7. The van der Waals surface area contributed by atoms with E-state index in [0.717, 1.165) is 30.4 Å². The fraction of sp³-hybridized carbons (Fsp3) is 0.382. The largest absolute Gasteiger partial charge is 0.357 e. The number of unbranched alkanes of at least 4 members (excludes halogenated alkanes) is 1. The second-order valence-electron chi connectivity index (χ2n) is 10.9. The van der Waals surface area contributed by atoms with E-state index >= 15 is 0 Å². The van der Waals surface area contributed by atoms with Crippen molar-refractivity contribution in [3.05, 3.63) is 108 Å². The Kier molecular flexibility index (Phi) is 11.0. The number of likely N-dealkylation sites (tertiary alicyclic amines) is 1. The molecule has 1 aliphatic heterocycles. The van der Waals surface area contributed by atoms with Crippen LogP contribution < -0.4 is 10.6 Å². The molecule has 4 rings (SSSR count). The van der Waals surface area contributed by atoms with Gasteiger partial charge in [0.25, 0.3) is 0 Å². The summed E-state index contributed by atoms with van der Waals surface area (Å²) in [5.74, 6) is -0.635. The third kappa shape index (κ3) is 8.23. The second-order valence-corrected chi connectivity index (χ2v) is 11.5. The van der Waals surface area contributed by atoms with E-state index in [-0.39, 0.29) is 17.7 Å². The Morgan fingerprint density at radius 3 is 1.98 bits per heavy atom. The molecule has 41 heavy (non-hydrogen) atoms. The Labute approximate surface area is 249 Å². The molecule has 0 bridgehead atoms. The number of rotatable bonds is 14. The van der Waals surface area contributed by atoms with Gasteiger partial charge in [0.05, 0.1) is 5.25 Å². The molecule has 0 aromatic heterocycles. The van der Waals surface area contributed by atoms with Crippen molar-refractivity contribution in [3.63, 3.8) is 0 Å². The van der Waals surface area contributed by atoms with Crippen LogP contribution in [0.15, 0.2) is 91.0 Å². The number of hydrogen-bond donors (Lipinski definition) is 3. The highest BCUT2D eigenvalue weighted by Gasteiger charge is 2.50. The van der Waals surface area contributed by atoms with E-state index < -0.39 is 16.8 Å². The van der Waals surface area contributed by atoms with Crippen molar-refractivity contribution in [1.29, 1.82) is 0 Å². The van der Waals surface area contributed by atoms with Crippen LogP contribution >= 0.6 is 12.6 Å². The fourth-order valence-electron chi connectivity index (χ4n) is 5.61. The van der Waals surface area contributed by atoms with Gasteiger partial charge in [-0.05, 0) is 55.2 Å². The Morgan fingerprint density at radius 1 is 0.829 bits per heavy atom. The van der Waals surface area contributed by atoms with Crippen molar-refractivity contribution in [2.45, 2.75) is 68.2 Å². The van der Waals surface area contributed by atoms with Crippen LogP contribution in [0.2, 0.25) is 0 Å². The first-order valence-corrected chi connectivity index (χ1v) is 15.1. The maximum atomic E-state index is 14.2. The summed E-state index contributed by atoms with van der Waals surface area (Å²) >= 11 is 4.64. The van der Waals surface area contributed by atoms with Crippen LogP contribution in [0.25, 0.3) is 0 Å². The molecule has 0 radical (unpaired) electrons. The minimum absolute atomic E-state index is 0.198. The van der Waals surface area contributed by atoms with Crippen LogP contribution in [0.3, 0.4) is 0 Å². The summed E-state index contributed by atoms with van der Waals surface area (Å²) in [7, 11) is 1.59. The minimum atomic E-state index is -1.08. The molecule has 6 nitrogen and oxygen atoms in total. The maximum Gasteiger partial charge on any atom is 0.249 e. The van der Waals surface area contributed by atoms with Gasteiger partial charge in [-0.2, -0.15) is 12.6 Å². The first kappa shape index (κ1) is 30.4. The van der Waals surface area contributed by atoms with Gasteiger partial charge >= 0.3 is 0 Å². The molecule has 1 fully saturated rings. The Bertz CT molecular complexity index is 1270. The van der Waals surface area contributed by atoms with E-state index in [1.54, 1.807) is 11.9 Å². The lowest BCUT2D eigenvalue weighted by Gasteiger charge is -2.33. The molecule has 0 saturated carbocycles. The third-order valence-electron chi connectivity index (χ3n) is 8.03. The van der Waals surface area contributed by atoms with Crippen LogP contribution in [0.1, 0.15) is 48.8 Å². The summed E-state index contributed by atoms with van der Waals surface area (Å²) in [5.41, 5.74) is 2.28. The number of carbonyl (C=O) groups is 3. The summed E-state index contributed by atoms with van der Waals surface area (Å²) in [6.07, 6.45) is 5.36. The molecular weight excluding hydrogens is 530 g/mol. The molecule has 1 aliphatic rings. The van der Waals surface area contributed by atoms with Crippen LogP contribution in [-0.4, -0.2) is 53.0 Å². The highest BCUT2D eigenvalue weighted by molar-refractivity contribution is 7.81. The zero-order valence-electron chi connectivity index (χ0n) is 23.8. The highest BCUT2D eigenvalue weighted by Crippen LogP contribution is 2.31. The number of benzene rings is 3. The molecule has 3 amide bonds. The lowest BCUT2D eigenvalue weighted by molar-refractivity contribution is -0.142. The van der Waals surface area contributed by atoms with Crippen molar-refractivity contribution in [1.82, 2.24) is 15.5 Å². The molecule has 2 N–H and O–H groups in total. The highest BCUT2D eigenvalue weighted by atomic mass is 32.1. The number of hydrogen-bond acceptors (Lipinski definition) is 4. The second kappa shape index (κ2) is 14.9. The topological polar surface area (TPSA) is 78.5 Å². The van der Waals surface area contributed by atoms with Gasteiger partial charge in [0.15, 0.2) is 0 Å². The van der Waals surface area contributed by atoms with E-state index in [1.807, 2.05) is 78.9 Å². The van der Waals surface area contributed by atoms with E-state index in [4.69, 9.17) is 0 Å². The van der Waals surface area contributed by atoms with Crippen molar-refractivity contribution in [2.24, 2.45) is 0 Å². The Hall–Kier alpha value is -3.58. The minimum Gasteiger partial charge on any atom is -0.357 e. The quantitative estimate of drug-likeness (QED) is 0.193. The average molecular weight is 572 g/mol. The standard InChI is InChI=1S/C34H41N3O3S/c1-35-31(38)29(25-28-18-9-4-10-19-28)37-24-23-34(33(37)40,22-21-27-15-7-3-8-16-27)36-32(39)30(41)20-12-11-17-26-13-5-2-6-14-26/h2-10,13-16,18-19,29-30,41H,11-12,17,20-25H2,1H3,(H,35,38)(H,36,39)/t29-,30-,34?/m0/s1. The molecule has 216 valence electrons. The number of likely N-dealkylation sites (N-methyl/N-ethyl adjacent to an activating group) is 1. The molecule has 7 heteroatoms. The van der Waals surface area contributed by atoms with E-state index in [2.05, 4.69) is 35.4 Å². The molecule has 0 spiro atoms. The number of thiol groups is 1. The molecule has 1 heterocycles.